The minimum atomic E-state index is -0.630. The van der Waals surface area contributed by atoms with Crippen LogP contribution in [0.5, 0.6) is 5.75 Å². The Kier molecular flexibility index (Phi) is 9.05. The smallest absolute Gasteiger partial charge is 0.242 e. The highest BCUT2D eigenvalue weighted by Gasteiger charge is 2.42. The highest BCUT2D eigenvalue weighted by molar-refractivity contribution is 5.90. The number of piperidine rings is 1. The molecule has 33 heavy (non-hydrogen) atoms. The molecule has 2 N–H and O–H groups in total. The van der Waals surface area contributed by atoms with Crippen LogP contribution in [0.2, 0.25) is 0 Å². The molecule has 2 aliphatic rings. The first kappa shape index (κ1) is 25.0. The SMILES string of the molecule is C[C@@H]1NC(=O)C2(CCCCOCCNC1=O)CCN(C(=O)CCOc1cccc(F)c1)CC2. The van der Waals surface area contributed by atoms with E-state index in [4.69, 9.17) is 9.47 Å². The fraction of sp³-hybridized carbons (Fsp3) is 0.625. The topological polar surface area (TPSA) is 97.0 Å². The van der Waals surface area contributed by atoms with Gasteiger partial charge in [0, 0.05) is 32.3 Å². The van der Waals surface area contributed by atoms with Crippen molar-refractivity contribution in [3.05, 3.63) is 30.1 Å². The lowest BCUT2D eigenvalue weighted by Gasteiger charge is -2.41. The second kappa shape index (κ2) is 12.0. The highest BCUT2D eigenvalue weighted by Crippen LogP contribution is 2.37. The Hall–Kier alpha value is -2.68. The predicted molar refractivity (Wildman–Crippen MR) is 120 cm³/mol. The lowest BCUT2D eigenvalue weighted by atomic mass is 9.73. The van der Waals surface area contributed by atoms with Gasteiger partial charge < -0.3 is 25.0 Å². The number of benzene rings is 1. The van der Waals surface area contributed by atoms with E-state index in [2.05, 4.69) is 10.6 Å². The molecule has 9 heteroatoms. The zero-order chi connectivity index (χ0) is 23.7. The van der Waals surface area contributed by atoms with E-state index >= 15 is 0 Å². The zero-order valence-corrected chi connectivity index (χ0v) is 19.2. The summed E-state index contributed by atoms with van der Waals surface area (Å²) in [6.45, 7) is 4.27. The number of likely N-dealkylation sites (tertiary alicyclic amines) is 1. The van der Waals surface area contributed by atoms with Gasteiger partial charge in [-0.15, -0.1) is 0 Å². The highest BCUT2D eigenvalue weighted by atomic mass is 19.1. The number of hydrogen-bond donors (Lipinski definition) is 2. The van der Waals surface area contributed by atoms with Crippen molar-refractivity contribution < 1.29 is 28.2 Å². The molecule has 2 fully saturated rings. The van der Waals surface area contributed by atoms with Gasteiger partial charge in [0.1, 0.15) is 17.6 Å². The van der Waals surface area contributed by atoms with Crippen LogP contribution in [-0.4, -0.2) is 68.1 Å². The molecule has 0 bridgehead atoms. The van der Waals surface area contributed by atoms with E-state index in [0.717, 1.165) is 12.8 Å². The average Bonchev–Trinajstić information content (AvgIpc) is 2.81. The van der Waals surface area contributed by atoms with Crippen molar-refractivity contribution in [3.8, 4) is 5.75 Å². The minimum Gasteiger partial charge on any atom is -0.493 e. The zero-order valence-electron chi connectivity index (χ0n) is 19.2. The van der Waals surface area contributed by atoms with Crippen LogP contribution >= 0.6 is 0 Å². The molecule has 2 saturated heterocycles. The number of halogens is 1. The van der Waals surface area contributed by atoms with Crippen molar-refractivity contribution in [2.75, 3.05) is 39.5 Å². The van der Waals surface area contributed by atoms with Gasteiger partial charge in [0.15, 0.2) is 0 Å². The Morgan fingerprint density at radius 1 is 1.21 bits per heavy atom. The van der Waals surface area contributed by atoms with E-state index in [0.29, 0.717) is 57.9 Å². The van der Waals surface area contributed by atoms with E-state index in [1.807, 2.05) is 0 Å². The number of carbonyl (C=O) groups excluding carboxylic acids is 3. The van der Waals surface area contributed by atoms with Crippen molar-refractivity contribution in [2.45, 2.75) is 51.5 Å². The molecule has 8 nitrogen and oxygen atoms in total. The van der Waals surface area contributed by atoms with Gasteiger partial charge in [0.25, 0.3) is 0 Å². The normalized spacial score (nSPS) is 22.4. The largest absolute Gasteiger partial charge is 0.493 e. The molecule has 2 heterocycles. The molecular weight excluding hydrogens is 429 g/mol. The Balaban J connectivity index is 1.54. The molecule has 0 saturated carbocycles. The monoisotopic (exact) mass is 463 g/mol. The summed E-state index contributed by atoms with van der Waals surface area (Å²) < 4.78 is 24.3. The molecule has 1 aromatic carbocycles. The second-order valence-electron chi connectivity index (χ2n) is 8.77. The van der Waals surface area contributed by atoms with Crippen LogP contribution in [0.25, 0.3) is 0 Å². The van der Waals surface area contributed by atoms with Gasteiger partial charge in [-0.2, -0.15) is 0 Å². The maximum absolute atomic E-state index is 13.2. The minimum absolute atomic E-state index is 0.0487. The third kappa shape index (κ3) is 7.15. The van der Waals surface area contributed by atoms with Crippen LogP contribution in [0.3, 0.4) is 0 Å². The van der Waals surface area contributed by atoms with Crippen LogP contribution in [0.15, 0.2) is 24.3 Å². The van der Waals surface area contributed by atoms with E-state index in [1.165, 1.54) is 12.1 Å². The molecule has 0 radical (unpaired) electrons. The summed E-state index contributed by atoms with van der Waals surface area (Å²) in [5.41, 5.74) is -0.600. The van der Waals surface area contributed by atoms with Crippen LogP contribution < -0.4 is 15.4 Å². The van der Waals surface area contributed by atoms with Crippen LogP contribution in [0.4, 0.5) is 4.39 Å². The van der Waals surface area contributed by atoms with E-state index in [1.54, 1.807) is 24.0 Å². The first-order chi connectivity index (χ1) is 15.9. The molecule has 0 aliphatic carbocycles. The third-order valence-electron chi connectivity index (χ3n) is 6.42. The third-order valence-corrected chi connectivity index (χ3v) is 6.42. The number of ether oxygens (including phenoxy) is 2. The van der Waals surface area contributed by atoms with E-state index in [9.17, 15) is 18.8 Å². The number of nitrogens with one attached hydrogen (secondary N) is 2. The van der Waals surface area contributed by atoms with Crippen molar-refractivity contribution in [1.82, 2.24) is 15.5 Å². The maximum atomic E-state index is 13.2. The number of rotatable bonds is 4. The summed E-state index contributed by atoms with van der Waals surface area (Å²) in [4.78, 5) is 39.8. The van der Waals surface area contributed by atoms with Gasteiger partial charge in [-0.25, -0.2) is 4.39 Å². The van der Waals surface area contributed by atoms with Crippen LogP contribution in [-0.2, 0) is 19.1 Å². The average molecular weight is 464 g/mol. The molecule has 1 atom stereocenters. The second-order valence-corrected chi connectivity index (χ2v) is 8.77. The van der Waals surface area contributed by atoms with Crippen molar-refractivity contribution in [2.24, 2.45) is 5.41 Å². The van der Waals surface area contributed by atoms with Gasteiger partial charge in [-0.05, 0) is 44.7 Å². The Bertz CT molecular complexity index is 826. The van der Waals surface area contributed by atoms with Crippen LogP contribution in [0, 0.1) is 11.2 Å². The van der Waals surface area contributed by atoms with Gasteiger partial charge >= 0.3 is 0 Å². The Morgan fingerprint density at radius 2 is 2.00 bits per heavy atom. The fourth-order valence-electron chi connectivity index (χ4n) is 4.33. The fourth-order valence-corrected chi connectivity index (χ4v) is 4.33. The van der Waals surface area contributed by atoms with Crippen molar-refractivity contribution in [3.63, 3.8) is 0 Å². The summed E-state index contributed by atoms with van der Waals surface area (Å²) in [5.74, 6) is -0.390. The van der Waals surface area contributed by atoms with Crippen molar-refractivity contribution >= 4 is 17.7 Å². The lowest BCUT2D eigenvalue weighted by Crippen LogP contribution is -2.54. The number of amides is 3. The number of hydrogen-bond acceptors (Lipinski definition) is 5. The van der Waals surface area contributed by atoms with E-state index < -0.39 is 11.5 Å². The summed E-state index contributed by atoms with van der Waals surface area (Å²) in [6, 6.07) is 5.19. The summed E-state index contributed by atoms with van der Waals surface area (Å²) in [5, 5.41) is 5.66. The first-order valence-corrected chi connectivity index (χ1v) is 11.7. The van der Waals surface area contributed by atoms with Gasteiger partial charge in [0.05, 0.1) is 25.0 Å². The molecular formula is C24H34FN3O5. The number of nitrogens with zero attached hydrogens (tertiary/aromatic N) is 1. The molecule has 3 amide bonds. The molecule has 1 spiro atoms. The quantitative estimate of drug-likeness (QED) is 0.712. The Morgan fingerprint density at radius 3 is 2.76 bits per heavy atom. The van der Waals surface area contributed by atoms with E-state index in [-0.39, 0.29) is 36.6 Å². The molecule has 0 unspecified atom stereocenters. The summed E-state index contributed by atoms with van der Waals surface area (Å²) in [7, 11) is 0. The molecule has 1 aromatic rings. The lowest BCUT2D eigenvalue weighted by molar-refractivity contribution is -0.142. The standard InChI is InChI=1S/C24H34FN3O5/c1-18-22(30)26-11-16-32-14-3-2-8-24(23(31)27-18)9-12-28(13-10-24)21(29)7-15-33-20-6-4-5-19(25)17-20/h4-6,17-18H,2-3,7-16H2,1H3,(H,26,30)(H,27,31)/t18-/m0/s1. The molecule has 182 valence electrons. The Labute approximate surface area is 194 Å². The first-order valence-electron chi connectivity index (χ1n) is 11.7. The predicted octanol–water partition coefficient (Wildman–Crippen LogP) is 2.02. The van der Waals surface area contributed by atoms with Gasteiger partial charge in [0.2, 0.25) is 17.7 Å². The van der Waals surface area contributed by atoms with Gasteiger partial charge in [-0.3, -0.25) is 14.4 Å². The number of carbonyl (C=O) groups is 3. The summed E-state index contributed by atoms with van der Waals surface area (Å²) >= 11 is 0. The van der Waals surface area contributed by atoms with Gasteiger partial charge in [-0.1, -0.05) is 12.5 Å². The maximum Gasteiger partial charge on any atom is 0.242 e. The van der Waals surface area contributed by atoms with Crippen LogP contribution in [0.1, 0.15) is 45.4 Å². The van der Waals surface area contributed by atoms with Crippen molar-refractivity contribution in [1.29, 1.82) is 0 Å². The molecule has 2 aliphatic heterocycles. The molecule has 0 aromatic heterocycles. The summed E-state index contributed by atoms with van der Waals surface area (Å²) in [6.07, 6.45) is 3.66. The molecule has 3 rings (SSSR count).